The monoisotopic (exact) mass is 304 g/mol. The summed E-state index contributed by atoms with van der Waals surface area (Å²) in [7, 11) is 1.74. The summed E-state index contributed by atoms with van der Waals surface area (Å²) in [6.07, 6.45) is 0. The van der Waals surface area contributed by atoms with Gasteiger partial charge in [-0.1, -0.05) is 24.3 Å². The Balaban J connectivity index is 2.26. The van der Waals surface area contributed by atoms with Gasteiger partial charge in [0, 0.05) is 36.3 Å². The van der Waals surface area contributed by atoms with Crippen LogP contribution in [0.2, 0.25) is 0 Å². The Labute approximate surface area is 133 Å². The van der Waals surface area contributed by atoms with Crippen molar-refractivity contribution in [2.24, 2.45) is 7.05 Å². The van der Waals surface area contributed by atoms with Crippen LogP contribution in [-0.2, 0) is 7.05 Å². The van der Waals surface area contributed by atoms with E-state index in [9.17, 15) is 9.59 Å². The molecule has 23 heavy (non-hydrogen) atoms. The van der Waals surface area contributed by atoms with Gasteiger partial charge >= 0.3 is 0 Å². The van der Waals surface area contributed by atoms with Gasteiger partial charge < -0.3 is 9.88 Å². The third-order valence-corrected chi connectivity index (χ3v) is 4.47. The number of nitrogens with zero attached hydrogens (tertiary/aromatic N) is 1. The van der Waals surface area contributed by atoms with E-state index < -0.39 is 0 Å². The molecule has 1 aliphatic carbocycles. The lowest BCUT2D eigenvalue weighted by Crippen LogP contribution is -2.21. The Morgan fingerprint density at radius 3 is 2.48 bits per heavy atom. The van der Waals surface area contributed by atoms with E-state index in [1.54, 1.807) is 17.7 Å². The maximum Gasteiger partial charge on any atom is 0.251 e. The summed E-state index contributed by atoms with van der Waals surface area (Å²) in [4.78, 5) is 25.4. The number of aromatic nitrogens is 1. The molecule has 4 rings (SSSR count). The summed E-state index contributed by atoms with van der Waals surface area (Å²) < 4.78 is 1.60. The van der Waals surface area contributed by atoms with Gasteiger partial charge in [0.05, 0.1) is 11.1 Å². The number of carbonyl (C=O) groups is 1. The van der Waals surface area contributed by atoms with Crippen molar-refractivity contribution < 1.29 is 4.79 Å². The van der Waals surface area contributed by atoms with Gasteiger partial charge in [0.25, 0.3) is 5.56 Å². The molecule has 0 unspecified atom stereocenters. The predicted molar refractivity (Wildman–Crippen MR) is 92.2 cm³/mol. The van der Waals surface area contributed by atoms with Crippen molar-refractivity contribution in [1.29, 1.82) is 0 Å². The number of pyridine rings is 1. The molecule has 4 heteroatoms. The number of anilines is 1. The zero-order chi connectivity index (χ0) is 16.1. The number of ketones is 1. The normalized spacial score (nSPS) is 12.3. The highest BCUT2D eigenvalue weighted by molar-refractivity contribution is 6.28. The number of fused-ring (bicyclic) bond motifs is 2. The highest BCUT2D eigenvalue weighted by Crippen LogP contribution is 2.41. The lowest BCUT2D eigenvalue weighted by molar-refractivity contribution is 0.104. The van der Waals surface area contributed by atoms with Crippen LogP contribution in [0.1, 0.15) is 22.8 Å². The largest absolute Gasteiger partial charge is 0.385 e. The van der Waals surface area contributed by atoms with Gasteiger partial charge in [0.1, 0.15) is 0 Å². The van der Waals surface area contributed by atoms with Gasteiger partial charge in [-0.15, -0.1) is 0 Å². The molecule has 3 aromatic rings. The minimum Gasteiger partial charge on any atom is -0.385 e. The molecule has 1 N–H and O–H groups in total. The molecule has 0 atom stereocenters. The molecule has 0 spiro atoms. The molecule has 114 valence electrons. The molecule has 0 amide bonds. The van der Waals surface area contributed by atoms with E-state index in [2.05, 4.69) is 5.32 Å². The highest BCUT2D eigenvalue weighted by Gasteiger charge is 2.28. The van der Waals surface area contributed by atoms with Crippen LogP contribution in [0.15, 0.2) is 47.3 Å². The first-order valence-electron chi connectivity index (χ1n) is 7.68. The number of hydrogen-bond donors (Lipinski definition) is 1. The van der Waals surface area contributed by atoms with Crippen LogP contribution in [0.5, 0.6) is 0 Å². The second kappa shape index (κ2) is 4.81. The number of aryl methyl sites for hydroxylation is 1. The van der Waals surface area contributed by atoms with Crippen molar-refractivity contribution in [2.45, 2.75) is 6.92 Å². The van der Waals surface area contributed by atoms with Crippen LogP contribution < -0.4 is 10.9 Å². The van der Waals surface area contributed by atoms with E-state index in [4.69, 9.17) is 0 Å². The summed E-state index contributed by atoms with van der Waals surface area (Å²) in [5.41, 5.74) is 4.52. The van der Waals surface area contributed by atoms with Gasteiger partial charge in [-0.3, -0.25) is 9.59 Å². The van der Waals surface area contributed by atoms with Gasteiger partial charge in [-0.2, -0.15) is 0 Å². The molecule has 0 bridgehead atoms. The second-order valence-corrected chi connectivity index (χ2v) is 5.74. The maximum absolute atomic E-state index is 13.1. The number of benzene rings is 2. The minimum atomic E-state index is -0.0706. The van der Waals surface area contributed by atoms with Crippen molar-refractivity contribution in [2.75, 3.05) is 11.9 Å². The Kier molecular flexibility index (Phi) is 2.88. The fraction of sp³-hybridized carbons (Fsp3) is 0.158. The summed E-state index contributed by atoms with van der Waals surface area (Å²) >= 11 is 0. The number of hydrogen-bond acceptors (Lipinski definition) is 3. The van der Waals surface area contributed by atoms with Crippen LogP contribution in [0.4, 0.5) is 5.69 Å². The molecule has 4 nitrogen and oxygen atoms in total. The molecule has 0 saturated heterocycles. The van der Waals surface area contributed by atoms with E-state index in [1.807, 2.05) is 43.3 Å². The summed E-state index contributed by atoms with van der Waals surface area (Å²) in [6.45, 7) is 2.73. The van der Waals surface area contributed by atoms with Crippen LogP contribution in [0, 0.1) is 0 Å². The van der Waals surface area contributed by atoms with E-state index >= 15 is 0 Å². The SMILES string of the molecule is CCNc1ccc2c3c(cc(=O)n2C)-c2ccccc2C(=O)c13. The lowest BCUT2D eigenvalue weighted by atomic mass is 9.83. The van der Waals surface area contributed by atoms with E-state index in [0.717, 1.165) is 34.3 Å². The summed E-state index contributed by atoms with van der Waals surface area (Å²) in [5, 5.41) is 4.12. The summed E-state index contributed by atoms with van der Waals surface area (Å²) in [5.74, 6) is 0.00768. The van der Waals surface area contributed by atoms with Gasteiger partial charge in [-0.25, -0.2) is 0 Å². The third kappa shape index (κ3) is 1.78. The third-order valence-electron chi connectivity index (χ3n) is 4.47. The Hall–Kier alpha value is -2.88. The Morgan fingerprint density at radius 2 is 1.74 bits per heavy atom. The first kappa shape index (κ1) is 13.8. The number of carbonyl (C=O) groups excluding carboxylic acids is 1. The van der Waals surface area contributed by atoms with E-state index in [-0.39, 0.29) is 11.3 Å². The predicted octanol–water partition coefficient (Wildman–Crippen LogP) is 3.18. The smallest absolute Gasteiger partial charge is 0.251 e. The molecular weight excluding hydrogens is 288 g/mol. The molecular formula is C19H16N2O2. The van der Waals surface area contributed by atoms with Crippen molar-refractivity contribution in [3.05, 3.63) is 63.9 Å². The minimum absolute atomic E-state index is 0.00768. The van der Waals surface area contributed by atoms with Gasteiger partial charge in [0.15, 0.2) is 5.78 Å². The fourth-order valence-electron chi connectivity index (χ4n) is 3.39. The van der Waals surface area contributed by atoms with Gasteiger partial charge in [0.2, 0.25) is 0 Å². The van der Waals surface area contributed by atoms with Crippen molar-refractivity contribution in [3.8, 4) is 11.1 Å². The Bertz CT molecular complexity index is 1030. The number of rotatable bonds is 2. The average molecular weight is 304 g/mol. The molecule has 0 radical (unpaired) electrons. The highest BCUT2D eigenvalue weighted by atomic mass is 16.1. The standard InChI is InChI=1S/C19H16N2O2/c1-3-20-14-8-9-15-17-13(10-16(22)21(15)2)11-6-4-5-7-12(11)19(23)18(14)17/h4-10,20H,3H2,1-2H3. The molecule has 2 aromatic carbocycles. The molecule has 0 saturated carbocycles. The van der Waals surface area contributed by atoms with Gasteiger partial charge in [-0.05, 0) is 30.2 Å². The van der Waals surface area contributed by atoms with Crippen LogP contribution in [0.3, 0.4) is 0 Å². The molecule has 1 heterocycles. The quantitative estimate of drug-likeness (QED) is 0.619. The molecule has 0 aliphatic heterocycles. The molecule has 1 aromatic heterocycles. The van der Waals surface area contributed by atoms with E-state index in [0.29, 0.717) is 11.1 Å². The van der Waals surface area contributed by atoms with Crippen LogP contribution in [0.25, 0.3) is 22.0 Å². The fourth-order valence-corrected chi connectivity index (χ4v) is 3.39. The van der Waals surface area contributed by atoms with Crippen LogP contribution >= 0.6 is 0 Å². The topological polar surface area (TPSA) is 51.1 Å². The summed E-state index contributed by atoms with van der Waals surface area (Å²) in [6, 6.07) is 12.9. The zero-order valence-corrected chi connectivity index (χ0v) is 13.0. The average Bonchev–Trinajstić information content (AvgIpc) is 2.57. The zero-order valence-electron chi connectivity index (χ0n) is 13.0. The first-order chi connectivity index (χ1) is 11.1. The number of nitrogens with one attached hydrogen (secondary N) is 1. The van der Waals surface area contributed by atoms with Crippen molar-refractivity contribution in [1.82, 2.24) is 4.57 Å². The first-order valence-corrected chi connectivity index (χ1v) is 7.68. The second-order valence-electron chi connectivity index (χ2n) is 5.74. The molecule has 0 fully saturated rings. The Morgan fingerprint density at radius 1 is 1.00 bits per heavy atom. The molecule has 1 aliphatic rings. The maximum atomic E-state index is 13.1. The van der Waals surface area contributed by atoms with E-state index in [1.165, 1.54) is 0 Å². The van der Waals surface area contributed by atoms with Crippen molar-refractivity contribution >= 4 is 22.4 Å². The van der Waals surface area contributed by atoms with Crippen molar-refractivity contribution in [3.63, 3.8) is 0 Å². The lowest BCUT2D eigenvalue weighted by Gasteiger charge is -2.23. The van der Waals surface area contributed by atoms with Crippen LogP contribution in [-0.4, -0.2) is 16.9 Å².